The van der Waals surface area contributed by atoms with Gasteiger partial charge in [0.2, 0.25) is 0 Å². The number of rotatable bonds is 8. The minimum Gasteiger partial charge on any atom is -0.468 e. The predicted molar refractivity (Wildman–Crippen MR) is 70.6 cm³/mol. The van der Waals surface area contributed by atoms with Crippen LogP contribution in [0.4, 0.5) is 0 Å². The normalized spacial score (nSPS) is 14.9. The number of nitrogens with two attached hydrogens (primary N) is 1. The lowest BCUT2D eigenvalue weighted by molar-refractivity contribution is -0.146. The van der Waals surface area contributed by atoms with Crippen molar-refractivity contribution in [3.05, 3.63) is 0 Å². The lowest BCUT2D eigenvalue weighted by Gasteiger charge is -2.20. The topological polar surface area (TPSA) is 52.3 Å². The van der Waals surface area contributed by atoms with E-state index in [0.717, 1.165) is 18.1 Å². The Kier molecular flexibility index (Phi) is 7.85. The molecule has 16 heavy (non-hydrogen) atoms. The zero-order valence-electron chi connectivity index (χ0n) is 10.9. The molecule has 0 aromatic rings. The smallest absolute Gasteiger partial charge is 0.325 e. The molecular weight excluding hydrogens is 222 g/mol. The zero-order valence-corrected chi connectivity index (χ0v) is 11.7. The Hall–Kier alpha value is -0.220. The Bertz CT molecular complexity index is 205. The first-order valence-corrected chi connectivity index (χ1v) is 7.00. The largest absolute Gasteiger partial charge is 0.468 e. The molecule has 0 saturated carbocycles. The van der Waals surface area contributed by atoms with E-state index in [4.69, 9.17) is 5.73 Å². The molecule has 0 amide bonds. The highest BCUT2D eigenvalue weighted by molar-refractivity contribution is 7.99. The van der Waals surface area contributed by atoms with Crippen molar-refractivity contribution in [2.45, 2.75) is 45.6 Å². The number of hydrogen-bond donors (Lipinski definition) is 1. The molecule has 0 fully saturated rings. The van der Waals surface area contributed by atoms with Crippen LogP contribution in [0.15, 0.2) is 0 Å². The van der Waals surface area contributed by atoms with E-state index >= 15 is 0 Å². The fourth-order valence-corrected chi connectivity index (χ4v) is 2.49. The Morgan fingerprint density at radius 3 is 2.56 bits per heavy atom. The van der Waals surface area contributed by atoms with Crippen molar-refractivity contribution < 1.29 is 9.53 Å². The molecule has 0 rings (SSSR count). The van der Waals surface area contributed by atoms with E-state index in [9.17, 15) is 4.79 Å². The lowest BCUT2D eigenvalue weighted by atomic mass is 9.98. The van der Waals surface area contributed by atoms with E-state index in [-0.39, 0.29) is 5.97 Å². The zero-order chi connectivity index (χ0) is 12.6. The van der Waals surface area contributed by atoms with E-state index in [2.05, 4.69) is 18.6 Å². The highest BCUT2D eigenvalue weighted by Crippen LogP contribution is 2.15. The summed E-state index contributed by atoms with van der Waals surface area (Å²) in [5.74, 6) is 2.70. The monoisotopic (exact) mass is 247 g/mol. The molecule has 1 atom stereocenters. The average molecular weight is 247 g/mol. The van der Waals surface area contributed by atoms with Crippen LogP contribution < -0.4 is 5.73 Å². The van der Waals surface area contributed by atoms with Crippen LogP contribution in [0.25, 0.3) is 0 Å². The first-order chi connectivity index (χ1) is 7.40. The molecule has 3 nitrogen and oxygen atoms in total. The van der Waals surface area contributed by atoms with Gasteiger partial charge in [0.25, 0.3) is 0 Å². The third kappa shape index (κ3) is 7.12. The Balaban J connectivity index is 3.54. The maximum absolute atomic E-state index is 11.3. The average Bonchev–Trinajstić information content (AvgIpc) is 2.21. The summed E-state index contributed by atoms with van der Waals surface area (Å²) in [4.78, 5) is 11.3. The first kappa shape index (κ1) is 15.8. The molecule has 0 aliphatic rings. The summed E-state index contributed by atoms with van der Waals surface area (Å²) in [6, 6.07) is 0. The van der Waals surface area contributed by atoms with Crippen LogP contribution in [-0.2, 0) is 9.53 Å². The number of esters is 1. The maximum atomic E-state index is 11.3. The van der Waals surface area contributed by atoms with Crippen molar-refractivity contribution in [3.63, 3.8) is 0 Å². The summed E-state index contributed by atoms with van der Waals surface area (Å²) >= 11 is 1.93. The second-order valence-electron chi connectivity index (χ2n) is 4.81. The third-order valence-corrected chi connectivity index (χ3v) is 3.58. The maximum Gasteiger partial charge on any atom is 0.325 e. The van der Waals surface area contributed by atoms with E-state index in [1.165, 1.54) is 19.3 Å². The summed E-state index contributed by atoms with van der Waals surface area (Å²) < 4.78 is 4.65. The number of hydrogen-bond acceptors (Lipinski definition) is 4. The quantitative estimate of drug-likeness (QED) is 0.529. The van der Waals surface area contributed by atoms with Crippen LogP contribution in [0, 0.1) is 5.92 Å². The molecule has 4 heteroatoms. The van der Waals surface area contributed by atoms with Crippen molar-refractivity contribution in [3.8, 4) is 0 Å². The van der Waals surface area contributed by atoms with E-state index < -0.39 is 5.54 Å². The summed E-state index contributed by atoms with van der Waals surface area (Å²) in [6.45, 7) is 6.20. The Morgan fingerprint density at radius 1 is 1.44 bits per heavy atom. The molecule has 0 bridgehead atoms. The van der Waals surface area contributed by atoms with Crippen LogP contribution in [0.2, 0.25) is 0 Å². The van der Waals surface area contributed by atoms with Crippen molar-refractivity contribution in [1.82, 2.24) is 0 Å². The fraction of sp³-hybridized carbons (Fsp3) is 0.917. The van der Waals surface area contributed by atoms with Crippen LogP contribution in [-0.4, -0.2) is 30.1 Å². The molecule has 1 unspecified atom stereocenters. The van der Waals surface area contributed by atoms with Gasteiger partial charge in [0.1, 0.15) is 5.54 Å². The van der Waals surface area contributed by atoms with Crippen LogP contribution >= 0.6 is 11.8 Å². The standard InChI is InChI=1S/C12H25NO2S/c1-10(2)6-9-16-8-5-7-12(3,13)11(14)15-4/h10H,5-9,13H2,1-4H3. The van der Waals surface area contributed by atoms with Crippen molar-refractivity contribution in [1.29, 1.82) is 0 Å². The van der Waals surface area contributed by atoms with Crippen molar-refractivity contribution >= 4 is 17.7 Å². The van der Waals surface area contributed by atoms with E-state index in [1.54, 1.807) is 6.92 Å². The molecule has 0 aromatic carbocycles. The number of carbonyl (C=O) groups excluding carboxylic acids is 1. The van der Waals surface area contributed by atoms with Crippen LogP contribution in [0.1, 0.15) is 40.0 Å². The molecule has 0 aliphatic carbocycles. The molecule has 0 saturated heterocycles. The van der Waals surface area contributed by atoms with Crippen molar-refractivity contribution in [2.24, 2.45) is 11.7 Å². The molecule has 0 spiro atoms. The number of thioether (sulfide) groups is 1. The van der Waals surface area contributed by atoms with Gasteiger partial charge in [-0.05, 0) is 43.6 Å². The molecule has 96 valence electrons. The lowest BCUT2D eigenvalue weighted by Crippen LogP contribution is -2.45. The Labute approximate surface area is 103 Å². The van der Waals surface area contributed by atoms with E-state index in [0.29, 0.717) is 6.42 Å². The van der Waals surface area contributed by atoms with Gasteiger partial charge in [-0.1, -0.05) is 13.8 Å². The van der Waals surface area contributed by atoms with Gasteiger partial charge in [0.05, 0.1) is 7.11 Å². The summed E-state index contributed by atoms with van der Waals surface area (Å²) in [6.07, 6.45) is 2.90. The summed E-state index contributed by atoms with van der Waals surface area (Å²) in [5, 5.41) is 0. The second kappa shape index (κ2) is 7.96. The Morgan fingerprint density at radius 2 is 2.06 bits per heavy atom. The van der Waals surface area contributed by atoms with Gasteiger partial charge in [0.15, 0.2) is 0 Å². The summed E-state index contributed by atoms with van der Waals surface area (Å²) in [7, 11) is 1.38. The molecule has 0 heterocycles. The molecule has 0 aliphatic heterocycles. The van der Waals surface area contributed by atoms with Crippen LogP contribution in [0.3, 0.4) is 0 Å². The minimum absolute atomic E-state index is 0.320. The highest BCUT2D eigenvalue weighted by Gasteiger charge is 2.28. The molecule has 0 radical (unpaired) electrons. The number of ether oxygens (including phenoxy) is 1. The van der Waals surface area contributed by atoms with Crippen LogP contribution in [0.5, 0.6) is 0 Å². The first-order valence-electron chi connectivity index (χ1n) is 5.85. The predicted octanol–water partition coefficient (Wildman–Crippen LogP) is 2.44. The van der Waals surface area contributed by atoms with Gasteiger partial charge < -0.3 is 10.5 Å². The van der Waals surface area contributed by atoms with Gasteiger partial charge in [-0.25, -0.2) is 0 Å². The third-order valence-electron chi connectivity index (χ3n) is 2.48. The fourth-order valence-electron chi connectivity index (χ4n) is 1.30. The van der Waals surface area contributed by atoms with Gasteiger partial charge in [-0.3, -0.25) is 4.79 Å². The SMILES string of the molecule is COC(=O)C(C)(N)CCCSCCC(C)C. The molecular formula is C12H25NO2S. The second-order valence-corrected chi connectivity index (χ2v) is 6.03. The van der Waals surface area contributed by atoms with Gasteiger partial charge in [0, 0.05) is 0 Å². The van der Waals surface area contributed by atoms with Gasteiger partial charge in [-0.15, -0.1) is 0 Å². The van der Waals surface area contributed by atoms with Gasteiger partial charge >= 0.3 is 5.97 Å². The van der Waals surface area contributed by atoms with Crippen molar-refractivity contribution in [2.75, 3.05) is 18.6 Å². The molecule has 0 aromatic heterocycles. The van der Waals surface area contributed by atoms with Gasteiger partial charge in [-0.2, -0.15) is 11.8 Å². The number of methoxy groups -OCH3 is 1. The summed E-state index contributed by atoms with van der Waals surface area (Å²) in [5.41, 5.74) is 5.02. The number of carbonyl (C=O) groups is 1. The minimum atomic E-state index is -0.826. The molecule has 2 N–H and O–H groups in total. The highest BCUT2D eigenvalue weighted by atomic mass is 32.2. The van der Waals surface area contributed by atoms with E-state index in [1.807, 2.05) is 11.8 Å².